The Morgan fingerprint density at radius 3 is 2.48 bits per heavy atom. The van der Waals surface area contributed by atoms with E-state index in [0.717, 1.165) is 27.4 Å². The first kappa shape index (κ1) is 19.0. The quantitative estimate of drug-likeness (QED) is 0.407. The molecule has 5 rings (SSSR count). The lowest BCUT2D eigenvalue weighted by Crippen LogP contribution is -2.22. The van der Waals surface area contributed by atoms with E-state index in [4.69, 9.17) is 13.9 Å². The molecule has 1 N–H and O–H groups in total. The van der Waals surface area contributed by atoms with E-state index in [1.54, 1.807) is 23.5 Å². The molecule has 3 heterocycles. The highest BCUT2D eigenvalue weighted by Crippen LogP contribution is 2.29. The summed E-state index contributed by atoms with van der Waals surface area (Å²) in [7, 11) is 0. The Labute approximate surface area is 181 Å². The number of thiazole rings is 1. The lowest BCUT2D eigenvalue weighted by atomic mass is 10.1. The van der Waals surface area contributed by atoms with Crippen molar-refractivity contribution in [2.75, 3.05) is 0 Å². The summed E-state index contributed by atoms with van der Waals surface area (Å²) in [5, 5.41) is 9.71. The molecule has 0 bridgehead atoms. The van der Waals surface area contributed by atoms with Crippen molar-refractivity contribution >= 4 is 17.2 Å². The highest BCUT2D eigenvalue weighted by Gasteiger charge is 2.13. The average molecular weight is 428 g/mol. The number of aromatic nitrogens is 3. The zero-order valence-corrected chi connectivity index (χ0v) is 17.0. The first-order valence-electron chi connectivity index (χ1n) is 9.52. The zero-order valence-electron chi connectivity index (χ0n) is 16.2. The van der Waals surface area contributed by atoms with Gasteiger partial charge in [0.1, 0.15) is 5.01 Å². The minimum absolute atomic E-state index is 0.117. The average Bonchev–Trinajstić information content (AvgIpc) is 3.60. The number of nitrogens with zero attached hydrogens (tertiary/aromatic N) is 3. The van der Waals surface area contributed by atoms with E-state index < -0.39 is 0 Å². The second-order valence-corrected chi connectivity index (χ2v) is 7.51. The van der Waals surface area contributed by atoms with Crippen LogP contribution >= 0.6 is 11.3 Å². The van der Waals surface area contributed by atoms with E-state index in [-0.39, 0.29) is 18.2 Å². The fourth-order valence-electron chi connectivity index (χ4n) is 3.00. The second-order valence-electron chi connectivity index (χ2n) is 6.65. The molecule has 2 aromatic carbocycles. The van der Waals surface area contributed by atoms with Crippen molar-refractivity contribution in [3.8, 4) is 33.2 Å². The van der Waals surface area contributed by atoms with Gasteiger partial charge in [0.15, 0.2) is 5.76 Å². The van der Waals surface area contributed by atoms with Crippen LogP contribution in [0.3, 0.4) is 0 Å². The van der Waals surface area contributed by atoms with Gasteiger partial charge in [0.25, 0.3) is 5.91 Å². The van der Waals surface area contributed by atoms with Crippen LogP contribution in [0.25, 0.3) is 33.2 Å². The summed E-state index contributed by atoms with van der Waals surface area (Å²) >= 11 is 1.62. The monoisotopic (exact) mass is 428 g/mol. The smallest absolute Gasteiger partial charge is 0.287 e. The summed E-state index contributed by atoms with van der Waals surface area (Å²) in [6.07, 6.45) is 1.44. The van der Waals surface area contributed by atoms with E-state index in [9.17, 15) is 4.79 Å². The van der Waals surface area contributed by atoms with E-state index in [1.165, 1.54) is 6.26 Å². The number of carbonyl (C=O) groups excluding carboxylic acids is 1. The van der Waals surface area contributed by atoms with Crippen LogP contribution in [0.2, 0.25) is 0 Å². The van der Waals surface area contributed by atoms with Crippen molar-refractivity contribution in [2.24, 2.45) is 0 Å². The molecule has 0 spiro atoms. The molecule has 0 saturated carbocycles. The lowest BCUT2D eigenvalue weighted by molar-refractivity contribution is 0.0918. The third kappa shape index (κ3) is 4.15. The van der Waals surface area contributed by atoms with E-state index in [1.807, 2.05) is 47.8 Å². The number of hydrogen-bond donors (Lipinski definition) is 1. The standard InChI is InChI=1S/C23H16N4O3S/c28-22(19-7-4-12-29-19)24-13-20-26-21(27-30-20)16-10-8-15(9-11-16)18-14-31-23(25-18)17-5-2-1-3-6-17/h1-12,14H,13H2,(H,24,28). The number of amides is 1. The van der Waals surface area contributed by atoms with Gasteiger partial charge in [0.2, 0.25) is 11.7 Å². The van der Waals surface area contributed by atoms with Crippen molar-refractivity contribution in [3.63, 3.8) is 0 Å². The van der Waals surface area contributed by atoms with Gasteiger partial charge < -0.3 is 14.3 Å². The minimum Gasteiger partial charge on any atom is -0.459 e. The van der Waals surface area contributed by atoms with Gasteiger partial charge in [-0.2, -0.15) is 4.98 Å². The summed E-state index contributed by atoms with van der Waals surface area (Å²) in [5.74, 6) is 0.656. The first-order chi connectivity index (χ1) is 15.3. The fourth-order valence-corrected chi connectivity index (χ4v) is 3.84. The highest BCUT2D eigenvalue weighted by molar-refractivity contribution is 7.13. The molecule has 0 aliphatic rings. The van der Waals surface area contributed by atoms with Gasteiger partial charge in [-0.15, -0.1) is 11.3 Å². The zero-order chi connectivity index (χ0) is 21.0. The van der Waals surface area contributed by atoms with Crippen molar-refractivity contribution in [3.05, 3.63) is 90.0 Å². The third-order valence-electron chi connectivity index (χ3n) is 4.58. The van der Waals surface area contributed by atoms with Crippen molar-refractivity contribution in [1.29, 1.82) is 0 Å². The van der Waals surface area contributed by atoms with E-state index in [2.05, 4.69) is 27.6 Å². The second kappa shape index (κ2) is 8.37. The molecule has 8 heteroatoms. The molecule has 3 aromatic heterocycles. The lowest BCUT2D eigenvalue weighted by Gasteiger charge is -1.99. The van der Waals surface area contributed by atoms with Gasteiger partial charge in [0.05, 0.1) is 18.5 Å². The Balaban J connectivity index is 1.26. The number of hydrogen-bond acceptors (Lipinski definition) is 7. The van der Waals surface area contributed by atoms with Crippen molar-refractivity contribution < 1.29 is 13.7 Å². The van der Waals surface area contributed by atoms with Crippen LogP contribution in [0.1, 0.15) is 16.4 Å². The molecular formula is C23H16N4O3S. The van der Waals surface area contributed by atoms with Crippen LogP contribution in [0.4, 0.5) is 0 Å². The minimum atomic E-state index is -0.341. The van der Waals surface area contributed by atoms with Crippen LogP contribution in [0.5, 0.6) is 0 Å². The predicted octanol–water partition coefficient (Wildman–Crippen LogP) is 5.05. The molecule has 152 valence electrons. The molecule has 0 radical (unpaired) electrons. The van der Waals surface area contributed by atoms with Crippen LogP contribution in [0.15, 0.2) is 87.3 Å². The fraction of sp³-hybridized carbons (Fsp3) is 0.0435. The van der Waals surface area contributed by atoms with Crippen molar-refractivity contribution in [1.82, 2.24) is 20.4 Å². The molecule has 0 unspecified atom stereocenters. The van der Waals surface area contributed by atoms with Gasteiger partial charge in [-0.05, 0) is 12.1 Å². The largest absolute Gasteiger partial charge is 0.459 e. The summed E-state index contributed by atoms with van der Waals surface area (Å²) in [6, 6.07) is 21.2. The molecule has 0 aliphatic carbocycles. The maximum Gasteiger partial charge on any atom is 0.287 e. The summed E-state index contributed by atoms with van der Waals surface area (Å²) < 4.78 is 10.3. The molecule has 0 atom stereocenters. The third-order valence-corrected chi connectivity index (χ3v) is 5.47. The Hall–Kier alpha value is -4.04. The topological polar surface area (TPSA) is 94.1 Å². The highest BCUT2D eigenvalue weighted by atomic mass is 32.1. The number of carbonyl (C=O) groups is 1. The Bertz CT molecular complexity index is 1290. The van der Waals surface area contributed by atoms with Gasteiger partial charge in [-0.1, -0.05) is 59.8 Å². The molecule has 0 aliphatic heterocycles. The maximum absolute atomic E-state index is 11.9. The Kier molecular flexibility index (Phi) is 5.12. The molecule has 7 nitrogen and oxygen atoms in total. The Morgan fingerprint density at radius 2 is 1.71 bits per heavy atom. The molecule has 0 fully saturated rings. The van der Waals surface area contributed by atoms with E-state index >= 15 is 0 Å². The van der Waals surface area contributed by atoms with Crippen LogP contribution in [0, 0.1) is 0 Å². The van der Waals surface area contributed by atoms with Crippen LogP contribution in [-0.4, -0.2) is 21.0 Å². The summed E-state index contributed by atoms with van der Waals surface area (Å²) in [5.41, 5.74) is 3.85. The number of nitrogens with one attached hydrogen (secondary N) is 1. The number of benzene rings is 2. The number of furan rings is 1. The van der Waals surface area contributed by atoms with Crippen LogP contribution < -0.4 is 5.32 Å². The molecule has 31 heavy (non-hydrogen) atoms. The molecular weight excluding hydrogens is 412 g/mol. The van der Waals surface area contributed by atoms with E-state index in [0.29, 0.717) is 11.7 Å². The SMILES string of the molecule is O=C(NCc1nc(-c2ccc(-c3csc(-c4ccccc4)n3)cc2)no1)c1ccco1. The summed E-state index contributed by atoms with van der Waals surface area (Å²) in [6.45, 7) is 0.117. The maximum atomic E-state index is 11.9. The van der Waals surface area contributed by atoms with Crippen molar-refractivity contribution in [2.45, 2.75) is 6.54 Å². The summed E-state index contributed by atoms with van der Waals surface area (Å²) in [4.78, 5) is 21.0. The molecule has 5 aromatic rings. The predicted molar refractivity (Wildman–Crippen MR) is 116 cm³/mol. The van der Waals surface area contributed by atoms with Gasteiger partial charge in [-0.3, -0.25) is 4.79 Å². The number of rotatable bonds is 6. The first-order valence-corrected chi connectivity index (χ1v) is 10.4. The van der Waals surface area contributed by atoms with Gasteiger partial charge >= 0.3 is 0 Å². The van der Waals surface area contributed by atoms with Gasteiger partial charge in [-0.25, -0.2) is 4.98 Å². The van der Waals surface area contributed by atoms with Crippen LogP contribution in [-0.2, 0) is 6.54 Å². The van der Waals surface area contributed by atoms with Gasteiger partial charge in [0, 0.05) is 22.1 Å². The Morgan fingerprint density at radius 1 is 0.903 bits per heavy atom. The molecule has 0 saturated heterocycles. The normalized spacial score (nSPS) is 10.8. The molecule has 1 amide bonds.